The van der Waals surface area contributed by atoms with Crippen LogP contribution in [0, 0.1) is 0 Å². The van der Waals surface area contributed by atoms with Crippen molar-refractivity contribution in [2.45, 2.75) is 6.54 Å². The van der Waals surface area contributed by atoms with Crippen molar-refractivity contribution in [3.8, 4) is 21.8 Å². The number of hydrogen-bond donors (Lipinski definition) is 2. The van der Waals surface area contributed by atoms with Crippen LogP contribution in [0.3, 0.4) is 0 Å². The number of anilines is 1. The van der Waals surface area contributed by atoms with E-state index in [-0.39, 0.29) is 0 Å². The monoisotopic (exact) mass is 384 g/mol. The summed E-state index contributed by atoms with van der Waals surface area (Å²) in [4.78, 5) is 20.5. The van der Waals surface area contributed by atoms with Gasteiger partial charge in [0.2, 0.25) is 0 Å². The zero-order chi connectivity index (χ0) is 18.8. The summed E-state index contributed by atoms with van der Waals surface area (Å²) in [6.45, 7) is 0.649. The number of thiazole rings is 1. The van der Waals surface area contributed by atoms with Gasteiger partial charge in [0.25, 0.3) is 0 Å². The number of nitrogens with zero attached hydrogens (tertiary/aromatic N) is 4. The number of benzene rings is 2. The van der Waals surface area contributed by atoms with Gasteiger partial charge in [-0.3, -0.25) is 0 Å². The van der Waals surface area contributed by atoms with E-state index in [1.807, 2.05) is 18.2 Å². The highest BCUT2D eigenvalue weighted by Crippen LogP contribution is 2.29. The van der Waals surface area contributed by atoms with Gasteiger partial charge >= 0.3 is 0 Å². The fourth-order valence-electron chi connectivity index (χ4n) is 3.05. The van der Waals surface area contributed by atoms with Gasteiger partial charge in [-0.1, -0.05) is 48.5 Å². The topological polar surface area (TPSA) is 79.4 Å². The van der Waals surface area contributed by atoms with E-state index in [1.165, 1.54) is 6.33 Å². The van der Waals surface area contributed by atoms with Crippen molar-refractivity contribution in [2.24, 2.45) is 0 Å². The minimum absolute atomic E-state index is 0.649. The second kappa shape index (κ2) is 7.21. The summed E-state index contributed by atoms with van der Waals surface area (Å²) < 4.78 is 0. The van der Waals surface area contributed by atoms with Crippen molar-refractivity contribution in [1.29, 1.82) is 0 Å². The first-order valence-corrected chi connectivity index (χ1v) is 9.73. The van der Waals surface area contributed by atoms with Gasteiger partial charge in [0, 0.05) is 23.1 Å². The molecule has 3 aromatic heterocycles. The SMILES string of the molecule is c1ccc(-c2csc(-c3cccc(CNc4ncnc5nc[nH]c45)c3)n2)cc1. The maximum absolute atomic E-state index is 4.81. The molecule has 2 N–H and O–H groups in total. The predicted octanol–water partition coefficient (Wildman–Crippen LogP) is 4.76. The molecule has 3 heterocycles. The Bertz CT molecular complexity index is 1230. The Morgan fingerprint density at radius 2 is 1.82 bits per heavy atom. The van der Waals surface area contributed by atoms with E-state index < -0.39 is 0 Å². The summed E-state index contributed by atoms with van der Waals surface area (Å²) in [6.07, 6.45) is 3.14. The van der Waals surface area contributed by atoms with E-state index in [2.05, 4.69) is 67.0 Å². The highest BCUT2D eigenvalue weighted by molar-refractivity contribution is 7.13. The van der Waals surface area contributed by atoms with Crippen molar-refractivity contribution >= 4 is 28.3 Å². The van der Waals surface area contributed by atoms with Crippen LogP contribution in [-0.2, 0) is 6.54 Å². The summed E-state index contributed by atoms with van der Waals surface area (Å²) >= 11 is 1.66. The summed E-state index contributed by atoms with van der Waals surface area (Å²) in [5.41, 5.74) is 5.87. The molecule has 0 amide bonds. The maximum Gasteiger partial charge on any atom is 0.182 e. The molecule has 0 aliphatic heterocycles. The van der Waals surface area contributed by atoms with Crippen molar-refractivity contribution in [2.75, 3.05) is 5.32 Å². The molecule has 0 unspecified atom stereocenters. The molecule has 0 radical (unpaired) electrons. The standard InChI is InChI=1S/C21H16N6S/c1-2-6-15(7-3-1)17-11-28-21(27-17)16-8-4-5-14(9-16)10-22-19-18-20(24-12-23-18)26-13-25-19/h1-9,11-13H,10H2,(H2,22,23,24,25,26). The van der Waals surface area contributed by atoms with Gasteiger partial charge in [0.15, 0.2) is 11.5 Å². The Morgan fingerprint density at radius 3 is 2.75 bits per heavy atom. The summed E-state index contributed by atoms with van der Waals surface area (Å²) in [5, 5.41) is 6.48. The molecule has 0 atom stereocenters. The molecular formula is C21H16N6S. The Labute approximate surface area is 165 Å². The molecule has 5 aromatic rings. The minimum atomic E-state index is 0.649. The second-order valence-corrected chi connectivity index (χ2v) is 7.14. The molecule has 0 saturated carbocycles. The largest absolute Gasteiger partial charge is 0.364 e. The molecule has 0 saturated heterocycles. The number of fused-ring (bicyclic) bond motifs is 1. The number of aromatic amines is 1. The van der Waals surface area contributed by atoms with Crippen molar-refractivity contribution in [3.05, 3.63) is 78.2 Å². The zero-order valence-electron chi connectivity index (χ0n) is 14.8. The highest BCUT2D eigenvalue weighted by atomic mass is 32.1. The molecule has 5 rings (SSSR count). The number of H-pyrrole nitrogens is 1. The van der Waals surface area contributed by atoms with E-state index in [0.717, 1.165) is 38.7 Å². The quantitative estimate of drug-likeness (QED) is 0.457. The summed E-state index contributed by atoms with van der Waals surface area (Å²) in [7, 11) is 0. The van der Waals surface area contributed by atoms with Gasteiger partial charge < -0.3 is 10.3 Å². The van der Waals surface area contributed by atoms with Crippen LogP contribution in [0.15, 0.2) is 72.6 Å². The molecule has 0 aliphatic rings. The van der Waals surface area contributed by atoms with Crippen LogP contribution in [0.4, 0.5) is 5.82 Å². The molecule has 136 valence electrons. The third kappa shape index (κ3) is 3.23. The highest BCUT2D eigenvalue weighted by Gasteiger charge is 2.08. The number of rotatable bonds is 5. The van der Waals surface area contributed by atoms with Crippen molar-refractivity contribution in [1.82, 2.24) is 24.9 Å². The van der Waals surface area contributed by atoms with Crippen LogP contribution in [0.25, 0.3) is 33.0 Å². The maximum atomic E-state index is 4.81. The lowest BCUT2D eigenvalue weighted by Gasteiger charge is -2.07. The number of aromatic nitrogens is 5. The van der Waals surface area contributed by atoms with Crippen LogP contribution in [-0.4, -0.2) is 24.9 Å². The fourth-order valence-corrected chi connectivity index (χ4v) is 3.87. The molecule has 0 bridgehead atoms. The van der Waals surface area contributed by atoms with Crippen molar-refractivity contribution < 1.29 is 0 Å². The summed E-state index contributed by atoms with van der Waals surface area (Å²) in [5.74, 6) is 0.744. The smallest absolute Gasteiger partial charge is 0.182 e. The Balaban J connectivity index is 1.37. The minimum Gasteiger partial charge on any atom is -0.364 e. The van der Waals surface area contributed by atoms with Crippen LogP contribution in [0.5, 0.6) is 0 Å². The molecule has 2 aromatic carbocycles. The van der Waals surface area contributed by atoms with Gasteiger partial charge in [0.05, 0.1) is 12.0 Å². The molecule has 28 heavy (non-hydrogen) atoms. The molecule has 6 nitrogen and oxygen atoms in total. The van der Waals surface area contributed by atoms with E-state index in [1.54, 1.807) is 17.7 Å². The molecule has 0 aliphatic carbocycles. The van der Waals surface area contributed by atoms with E-state index in [9.17, 15) is 0 Å². The van der Waals surface area contributed by atoms with Crippen LogP contribution < -0.4 is 5.32 Å². The Kier molecular flexibility index (Phi) is 4.27. The summed E-state index contributed by atoms with van der Waals surface area (Å²) in [6, 6.07) is 18.6. The first-order chi connectivity index (χ1) is 13.9. The zero-order valence-corrected chi connectivity index (χ0v) is 15.6. The van der Waals surface area contributed by atoms with Gasteiger partial charge in [-0.05, 0) is 11.6 Å². The molecule has 0 spiro atoms. The average molecular weight is 384 g/mol. The lowest BCUT2D eigenvalue weighted by atomic mass is 10.1. The number of imidazole rings is 1. The fraction of sp³-hybridized carbons (Fsp3) is 0.0476. The van der Waals surface area contributed by atoms with E-state index in [0.29, 0.717) is 12.2 Å². The van der Waals surface area contributed by atoms with E-state index >= 15 is 0 Å². The second-order valence-electron chi connectivity index (χ2n) is 6.28. The normalized spacial score (nSPS) is 11.0. The Morgan fingerprint density at radius 1 is 0.929 bits per heavy atom. The lowest BCUT2D eigenvalue weighted by molar-refractivity contribution is 1.10. The first-order valence-electron chi connectivity index (χ1n) is 8.85. The van der Waals surface area contributed by atoms with Gasteiger partial charge in [0.1, 0.15) is 16.9 Å². The lowest BCUT2D eigenvalue weighted by Crippen LogP contribution is -2.02. The Hall–Kier alpha value is -3.58. The van der Waals surface area contributed by atoms with Gasteiger partial charge in [-0.25, -0.2) is 19.9 Å². The van der Waals surface area contributed by atoms with Crippen LogP contribution >= 0.6 is 11.3 Å². The molecular weight excluding hydrogens is 368 g/mol. The third-order valence-electron chi connectivity index (χ3n) is 4.43. The number of nitrogens with one attached hydrogen (secondary N) is 2. The molecule has 7 heteroatoms. The van der Waals surface area contributed by atoms with Gasteiger partial charge in [-0.15, -0.1) is 11.3 Å². The van der Waals surface area contributed by atoms with E-state index in [4.69, 9.17) is 4.98 Å². The van der Waals surface area contributed by atoms with Gasteiger partial charge in [-0.2, -0.15) is 0 Å². The number of hydrogen-bond acceptors (Lipinski definition) is 6. The predicted molar refractivity (Wildman–Crippen MR) is 112 cm³/mol. The van der Waals surface area contributed by atoms with Crippen molar-refractivity contribution in [3.63, 3.8) is 0 Å². The average Bonchev–Trinajstić information content (AvgIpc) is 3.43. The third-order valence-corrected chi connectivity index (χ3v) is 5.32. The molecule has 0 fully saturated rings. The first kappa shape index (κ1) is 16.6. The van der Waals surface area contributed by atoms with Crippen LogP contribution in [0.1, 0.15) is 5.56 Å². The van der Waals surface area contributed by atoms with Crippen LogP contribution in [0.2, 0.25) is 0 Å².